The van der Waals surface area contributed by atoms with E-state index in [1.807, 2.05) is 0 Å². The average Bonchev–Trinajstić information content (AvgIpc) is 2.52. The van der Waals surface area contributed by atoms with Gasteiger partial charge in [-0.1, -0.05) is 44.8 Å². The first-order valence-corrected chi connectivity index (χ1v) is 9.63. The molecule has 0 saturated heterocycles. The third kappa shape index (κ3) is 4.60. The van der Waals surface area contributed by atoms with Gasteiger partial charge in [0.2, 0.25) is 0 Å². The molecule has 4 heteroatoms. The number of carbonyl (C=O) groups is 1. The molecule has 0 spiro atoms. The minimum absolute atomic E-state index is 0.00383. The molecule has 0 bridgehead atoms. The van der Waals surface area contributed by atoms with Gasteiger partial charge in [-0.3, -0.25) is 0 Å². The van der Waals surface area contributed by atoms with Crippen molar-refractivity contribution in [2.75, 3.05) is 0 Å². The van der Waals surface area contributed by atoms with Gasteiger partial charge in [-0.05, 0) is 56.1 Å². The number of carboxylic acid groups (broad SMARTS) is 1. The van der Waals surface area contributed by atoms with Crippen molar-refractivity contribution in [3.63, 3.8) is 0 Å². The summed E-state index contributed by atoms with van der Waals surface area (Å²) in [5.41, 5.74) is 3.56. The monoisotopic (exact) mass is 360 g/mol. The lowest BCUT2D eigenvalue weighted by atomic mass is 9.73. The molecule has 1 aliphatic rings. The summed E-state index contributed by atoms with van der Waals surface area (Å²) in [4.78, 5) is 11.7. The van der Waals surface area contributed by atoms with Crippen LogP contribution in [0.25, 0.3) is 0 Å². The Bertz CT molecular complexity index is 713. The van der Waals surface area contributed by atoms with Crippen molar-refractivity contribution in [1.82, 2.24) is 0 Å². The number of allylic oxidation sites excluding steroid dienone is 2. The largest absolute Gasteiger partial charge is 0.508 e. The predicted octanol–water partition coefficient (Wildman–Crippen LogP) is 5.60. The molecule has 1 aromatic carbocycles. The van der Waals surface area contributed by atoms with Gasteiger partial charge in [-0.2, -0.15) is 0 Å². The second-order valence-corrected chi connectivity index (χ2v) is 8.42. The third-order valence-electron chi connectivity index (χ3n) is 5.57. The zero-order chi connectivity index (χ0) is 19.5. The van der Waals surface area contributed by atoms with Gasteiger partial charge in [0.15, 0.2) is 0 Å². The number of carboxylic acids is 1. The number of rotatable bonds is 7. The zero-order valence-electron chi connectivity index (χ0n) is 16.5. The molecular weight excluding hydrogens is 328 g/mol. The first-order valence-electron chi connectivity index (χ1n) is 9.63. The van der Waals surface area contributed by atoms with E-state index in [0.717, 1.165) is 38.5 Å². The van der Waals surface area contributed by atoms with E-state index in [0.29, 0.717) is 24.0 Å². The van der Waals surface area contributed by atoms with Crippen molar-refractivity contribution in [2.45, 2.75) is 79.1 Å². The lowest BCUT2D eigenvalue weighted by Gasteiger charge is -2.32. The van der Waals surface area contributed by atoms with Crippen molar-refractivity contribution in [3.8, 4) is 11.5 Å². The summed E-state index contributed by atoms with van der Waals surface area (Å²) in [6.07, 6.45) is 6.79. The fraction of sp³-hybridized carbons (Fsp3) is 0.591. The van der Waals surface area contributed by atoms with E-state index >= 15 is 0 Å². The molecule has 0 unspecified atom stereocenters. The minimum Gasteiger partial charge on any atom is -0.508 e. The molecule has 0 radical (unpaired) electrons. The molecule has 1 aliphatic carbocycles. The number of aromatic hydroxyl groups is 2. The molecular formula is C22H32O4. The van der Waals surface area contributed by atoms with Crippen LogP contribution in [0.15, 0.2) is 17.2 Å². The fourth-order valence-corrected chi connectivity index (χ4v) is 4.01. The van der Waals surface area contributed by atoms with Crippen molar-refractivity contribution < 1.29 is 20.1 Å². The number of unbranched alkanes of at least 4 members (excludes halogenated alkanes) is 2. The van der Waals surface area contributed by atoms with E-state index in [1.165, 1.54) is 17.2 Å². The van der Waals surface area contributed by atoms with Gasteiger partial charge >= 0.3 is 5.97 Å². The van der Waals surface area contributed by atoms with Crippen LogP contribution in [0.5, 0.6) is 11.5 Å². The number of phenolic OH excluding ortho intramolecular Hbond substituents is 1. The number of hydrogen-bond donors (Lipinski definition) is 3. The van der Waals surface area contributed by atoms with Crippen LogP contribution in [0, 0.1) is 5.41 Å². The standard InChI is InChI=1S/C22H32O4/c1-5-6-7-8-16-12-18(23)17(20(24)19(16)21(25)26)11-15-9-10-22(3,4)13-14(15)2/h12,23-24H,5-11,13H2,1-4H3,(H,25,26). The number of aryl methyl sites for hydroxylation is 1. The summed E-state index contributed by atoms with van der Waals surface area (Å²) in [6, 6.07) is 1.54. The van der Waals surface area contributed by atoms with Crippen molar-refractivity contribution >= 4 is 5.97 Å². The first-order chi connectivity index (χ1) is 12.2. The predicted molar refractivity (Wildman–Crippen MR) is 104 cm³/mol. The van der Waals surface area contributed by atoms with Crippen molar-refractivity contribution in [2.24, 2.45) is 5.41 Å². The molecule has 144 valence electrons. The van der Waals surface area contributed by atoms with E-state index < -0.39 is 5.97 Å². The normalized spacial score (nSPS) is 16.8. The van der Waals surface area contributed by atoms with Crippen molar-refractivity contribution in [1.29, 1.82) is 0 Å². The Balaban J connectivity index is 2.38. The maximum absolute atomic E-state index is 11.7. The highest BCUT2D eigenvalue weighted by Crippen LogP contribution is 2.42. The van der Waals surface area contributed by atoms with Gasteiger partial charge < -0.3 is 15.3 Å². The third-order valence-corrected chi connectivity index (χ3v) is 5.57. The van der Waals surface area contributed by atoms with Crippen LogP contribution < -0.4 is 0 Å². The molecule has 4 nitrogen and oxygen atoms in total. The average molecular weight is 360 g/mol. The smallest absolute Gasteiger partial charge is 0.339 e. The van der Waals surface area contributed by atoms with E-state index in [4.69, 9.17) is 0 Å². The van der Waals surface area contributed by atoms with Gasteiger partial charge in [0, 0.05) is 12.0 Å². The lowest BCUT2D eigenvalue weighted by molar-refractivity contribution is 0.0692. The molecule has 26 heavy (non-hydrogen) atoms. The molecule has 2 rings (SSSR count). The Morgan fingerprint density at radius 2 is 1.92 bits per heavy atom. The number of phenols is 2. The fourth-order valence-electron chi connectivity index (χ4n) is 4.01. The van der Waals surface area contributed by atoms with Gasteiger partial charge in [-0.25, -0.2) is 4.79 Å². The molecule has 0 aromatic heterocycles. The van der Waals surface area contributed by atoms with Crippen molar-refractivity contribution in [3.05, 3.63) is 33.9 Å². The molecule has 0 atom stereocenters. The molecule has 1 aromatic rings. The Kier molecular flexibility index (Phi) is 6.38. The van der Waals surface area contributed by atoms with Gasteiger partial charge in [0.1, 0.15) is 17.1 Å². The van der Waals surface area contributed by atoms with E-state index in [1.54, 1.807) is 0 Å². The van der Waals surface area contributed by atoms with Gasteiger partial charge in [-0.15, -0.1) is 0 Å². The molecule has 0 fully saturated rings. The summed E-state index contributed by atoms with van der Waals surface area (Å²) in [5, 5.41) is 30.7. The van der Waals surface area contributed by atoms with E-state index in [9.17, 15) is 20.1 Å². The number of benzene rings is 1. The Hall–Kier alpha value is -1.97. The molecule has 0 aliphatic heterocycles. The molecule has 0 saturated carbocycles. The Morgan fingerprint density at radius 3 is 2.50 bits per heavy atom. The second-order valence-electron chi connectivity index (χ2n) is 8.42. The summed E-state index contributed by atoms with van der Waals surface area (Å²) in [7, 11) is 0. The summed E-state index contributed by atoms with van der Waals surface area (Å²) < 4.78 is 0. The summed E-state index contributed by atoms with van der Waals surface area (Å²) in [5.74, 6) is -1.40. The van der Waals surface area contributed by atoms with Crippen LogP contribution in [0.2, 0.25) is 0 Å². The number of hydrogen-bond acceptors (Lipinski definition) is 3. The SMILES string of the molecule is CCCCCc1cc(O)c(CC2=C(C)CC(C)(C)CC2)c(O)c1C(=O)O. The van der Waals surface area contributed by atoms with Crippen LogP contribution in [0.3, 0.4) is 0 Å². The van der Waals surface area contributed by atoms with Crippen LogP contribution in [-0.2, 0) is 12.8 Å². The minimum atomic E-state index is -1.13. The van der Waals surface area contributed by atoms with Crippen LogP contribution >= 0.6 is 0 Å². The second kappa shape index (κ2) is 8.15. The van der Waals surface area contributed by atoms with Gasteiger partial charge in [0.25, 0.3) is 0 Å². The molecule has 3 N–H and O–H groups in total. The summed E-state index contributed by atoms with van der Waals surface area (Å²) >= 11 is 0. The van der Waals surface area contributed by atoms with Gasteiger partial charge in [0.05, 0.1) is 0 Å². The highest BCUT2D eigenvalue weighted by atomic mass is 16.4. The number of aromatic carboxylic acids is 1. The zero-order valence-corrected chi connectivity index (χ0v) is 16.5. The van der Waals surface area contributed by atoms with Crippen LogP contribution in [0.4, 0.5) is 0 Å². The Labute approximate surface area is 156 Å². The van der Waals surface area contributed by atoms with E-state index in [2.05, 4.69) is 27.7 Å². The Morgan fingerprint density at radius 1 is 1.23 bits per heavy atom. The first kappa shape index (κ1) is 20.3. The highest BCUT2D eigenvalue weighted by molar-refractivity contribution is 5.93. The quantitative estimate of drug-likeness (QED) is 0.437. The van der Waals surface area contributed by atoms with Crippen LogP contribution in [-0.4, -0.2) is 21.3 Å². The lowest BCUT2D eigenvalue weighted by Crippen LogP contribution is -2.18. The maximum Gasteiger partial charge on any atom is 0.339 e. The topological polar surface area (TPSA) is 77.8 Å². The molecule has 0 amide bonds. The van der Waals surface area contributed by atoms with E-state index in [-0.39, 0.29) is 22.5 Å². The van der Waals surface area contributed by atoms with Crippen LogP contribution in [0.1, 0.15) is 87.7 Å². The highest BCUT2D eigenvalue weighted by Gasteiger charge is 2.27. The maximum atomic E-state index is 11.7. The summed E-state index contributed by atoms with van der Waals surface area (Å²) in [6.45, 7) is 8.67. The molecule has 0 heterocycles.